The third-order valence-corrected chi connectivity index (χ3v) is 2.96. The van der Waals surface area contributed by atoms with Crippen LogP contribution in [0.4, 0.5) is 13.2 Å². The molecule has 1 heterocycles. The quantitative estimate of drug-likeness (QED) is 0.468. The summed E-state index contributed by atoms with van der Waals surface area (Å²) in [4.78, 5) is 7.91. The van der Waals surface area contributed by atoms with Gasteiger partial charge in [0.15, 0.2) is 5.16 Å². The van der Waals surface area contributed by atoms with E-state index in [1.807, 2.05) is 0 Å². The molecule has 20 heavy (non-hydrogen) atoms. The second kappa shape index (κ2) is 5.88. The summed E-state index contributed by atoms with van der Waals surface area (Å²) in [5.41, 5.74) is -0.791. The molecule has 0 unspecified atom stereocenters. The molecule has 0 saturated carbocycles. The largest absolute Gasteiger partial charge is 0.439 e. The van der Waals surface area contributed by atoms with Crippen LogP contribution in [0.25, 0.3) is 0 Å². The van der Waals surface area contributed by atoms with Gasteiger partial charge < -0.3 is 4.74 Å². The molecule has 8 heteroatoms. The first-order chi connectivity index (χ1) is 9.38. The van der Waals surface area contributed by atoms with Gasteiger partial charge in [0.25, 0.3) is 0 Å². The Hall–Kier alpha value is -1.47. The Morgan fingerprint density at radius 2 is 1.95 bits per heavy atom. The Kier molecular flexibility index (Phi) is 4.39. The molecule has 2 aromatic rings. The van der Waals surface area contributed by atoms with E-state index in [9.17, 15) is 13.2 Å². The Labute approximate surface area is 122 Å². The van der Waals surface area contributed by atoms with Crippen LogP contribution in [0.3, 0.4) is 0 Å². The summed E-state index contributed by atoms with van der Waals surface area (Å²) >= 11 is 7.02. The molecular weight excluding hydrogens is 313 g/mol. The fraction of sp³-hybridized carbons (Fsp3) is 0.167. The van der Waals surface area contributed by atoms with Crippen molar-refractivity contribution in [1.82, 2.24) is 9.97 Å². The molecule has 3 nitrogen and oxygen atoms in total. The topological polar surface area (TPSA) is 35.0 Å². The zero-order valence-electron chi connectivity index (χ0n) is 10.1. The van der Waals surface area contributed by atoms with Gasteiger partial charge in [-0.3, -0.25) is 0 Å². The minimum absolute atomic E-state index is 0.0293. The molecular formula is C12H8ClF3N2OS. The van der Waals surface area contributed by atoms with Gasteiger partial charge in [0.2, 0.25) is 5.88 Å². The standard InChI is InChI=1S/C12H8ClF3N2OS/c1-20-11-17-9(13)6-10(18-11)19-8-4-2-3-7(5-8)12(14,15)16/h2-6H,1H3. The molecule has 0 fully saturated rings. The normalized spacial score (nSPS) is 11.4. The van der Waals surface area contributed by atoms with E-state index in [0.717, 1.165) is 12.1 Å². The van der Waals surface area contributed by atoms with Crippen LogP contribution in [-0.4, -0.2) is 16.2 Å². The summed E-state index contributed by atoms with van der Waals surface area (Å²) in [5, 5.41) is 0.533. The van der Waals surface area contributed by atoms with Gasteiger partial charge in [-0.15, -0.1) is 0 Å². The van der Waals surface area contributed by atoms with E-state index in [2.05, 4.69) is 9.97 Å². The molecule has 0 saturated heterocycles. The highest BCUT2D eigenvalue weighted by molar-refractivity contribution is 7.98. The molecule has 0 atom stereocenters. The molecule has 1 aromatic heterocycles. The highest BCUT2D eigenvalue weighted by atomic mass is 35.5. The minimum Gasteiger partial charge on any atom is -0.439 e. The van der Waals surface area contributed by atoms with Gasteiger partial charge in [0.05, 0.1) is 5.56 Å². The fourth-order valence-corrected chi connectivity index (χ4v) is 1.97. The monoisotopic (exact) mass is 320 g/mol. The lowest BCUT2D eigenvalue weighted by Gasteiger charge is -2.09. The molecule has 106 valence electrons. The van der Waals surface area contributed by atoms with E-state index < -0.39 is 11.7 Å². The average Bonchev–Trinajstić information content (AvgIpc) is 2.37. The maximum absolute atomic E-state index is 12.6. The number of nitrogens with zero attached hydrogens (tertiary/aromatic N) is 2. The highest BCUT2D eigenvalue weighted by Crippen LogP contribution is 2.32. The van der Waals surface area contributed by atoms with Crippen molar-refractivity contribution in [2.75, 3.05) is 6.26 Å². The number of ether oxygens (including phenoxy) is 1. The maximum atomic E-state index is 12.6. The highest BCUT2D eigenvalue weighted by Gasteiger charge is 2.30. The van der Waals surface area contributed by atoms with Gasteiger partial charge in [-0.1, -0.05) is 29.4 Å². The molecule has 0 bridgehead atoms. The van der Waals surface area contributed by atoms with Crippen LogP contribution >= 0.6 is 23.4 Å². The van der Waals surface area contributed by atoms with Crippen LogP contribution in [0, 0.1) is 0 Å². The fourth-order valence-electron chi connectivity index (χ4n) is 1.38. The Balaban J connectivity index is 2.28. The predicted octanol–water partition coefficient (Wildman–Crippen LogP) is 4.66. The molecule has 0 aliphatic rings. The summed E-state index contributed by atoms with van der Waals surface area (Å²) in [7, 11) is 0. The summed E-state index contributed by atoms with van der Waals surface area (Å²) < 4.78 is 43.0. The van der Waals surface area contributed by atoms with Crippen molar-refractivity contribution in [2.45, 2.75) is 11.3 Å². The van der Waals surface area contributed by atoms with Crippen molar-refractivity contribution >= 4 is 23.4 Å². The van der Waals surface area contributed by atoms with Crippen LogP contribution in [0.15, 0.2) is 35.5 Å². The Morgan fingerprint density at radius 3 is 2.60 bits per heavy atom. The van der Waals surface area contributed by atoms with Crippen molar-refractivity contribution in [2.24, 2.45) is 0 Å². The first-order valence-corrected chi connectivity index (χ1v) is 6.92. The van der Waals surface area contributed by atoms with Crippen molar-refractivity contribution < 1.29 is 17.9 Å². The summed E-state index contributed by atoms with van der Waals surface area (Å²) in [6, 6.07) is 5.86. The van der Waals surface area contributed by atoms with E-state index in [-0.39, 0.29) is 16.8 Å². The van der Waals surface area contributed by atoms with Crippen LogP contribution in [0.5, 0.6) is 11.6 Å². The van der Waals surface area contributed by atoms with Crippen LogP contribution in [-0.2, 0) is 6.18 Å². The first-order valence-electron chi connectivity index (χ1n) is 5.32. The Bertz CT molecular complexity index is 622. The average molecular weight is 321 g/mol. The summed E-state index contributed by atoms with van der Waals surface area (Å²) in [6.07, 6.45) is -2.67. The summed E-state index contributed by atoms with van der Waals surface area (Å²) in [5.74, 6) is 0.121. The molecule has 0 spiro atoms. The van der Waals surface area contributed by atoms with Crippen molar-refractivity contribution in [1.29, 1.82) is 0 Å². The van der Waals surface area contributed by atoms with Crippen molar-refractivity contribution in [3.8, 4) is 11.6 Å². The van der Waals surface area contributed by atoms with E-state index >= 15 is 0 Å². The predicted molar refractivity (Wildman–Crippen MR) is 70.3 cm³/mol. The minimum atomic E-state index is -4.42. The number of thioether (sulfide) groups is 1. The van der Waals surface area contributed by atoms with Gasteiger partial charge in [0.1, 0.15) is 10.9 Å². The van der Waals surface area contributed by atoms with Crippen LogP contribution in [0.1, 0.15) is 5.56 Å². The van der Waals surface area contributed by atoms with Crippen molar-refractivity contribution in [3.05, 3.63) is 41.0 Å². The molecule has 0 amide bonds. The molecule has 0 N–H and O–H groups in total. The SMILES string of the molecule is CSc1nc(Cl)cc(Oc2cccc(C(F)(F)F)c2)n1. The lowest BCUT2D eigenvalue weighted by Crippen LogP contribution is -2.04. The maximum Gasteiger partial charge on any atom is 0.416 e. The molecule has 1 aromatic carbocycles. The van der Waals surface area contributed by atoms with Crippen LogP contribution in [0.2, 0.25) is 5.15 Å². The van der Waals surface area contributed by atoms with E-state index in [0.29, 0.717) is 5.16 Å². The molecule has 0 radical (unpaired) electrons. The number of aromatic nitrogens is 2. The number of alkyl halides is 3. The third-order valence-electron chi connectivity index (χ3n) is 2.22. The summed E-state index contributed by atoms with van der Waals surface area (Å²) in [6.45, 7) is 0. The third kappa shape index (κ3) is 3.77. The molecule has 0 aliphatic heterocycles. The van der Waals surface area contributed by atoms with Gasteiger partial charge in [-0.05, 0) is 24.5 Å². The second-order valence-electron chi connectivity index (χ2n) is 3.64. The molecule has 0 aliphatic carbocycles. The van der Waals surface area contributed by atoms with Gasteiger partial charge >= 0.3 is 6.18 Å². The van der Waals surface area contributed by atoms with Gasteiger partial charge in [-0.2, -0.15) is 18.2 Å². The van der Waals surface area contributed by atoms with Crippen molar-refractivity contribution in [3.63, 3.8) is 0 Å². The van der Waals surface area contributed by atoms with Crippen LogP contribution < -0.4 is 4.74 Å². The van der Waals surface area contributed by atoms with Gasteiger partial charge in [0, 0.05) is 6.07 Å². The Morgan fingerprint density at radius 1 is 1.20 bits per heavy atom. The first kappa shape index (κ1) is 14.9. The van der Waals surface area contributed by atoms with E-state index in [4.69, 9.17) is 16.3 Å². The molecule has 2 rings (SSSR count). The zero-order valence-corrected chi connectivity index (χ0v) is 11.7. The lowest BCUT2D eigenvalue weighted by atomic mass is 10.2. The van der Waals surface area contributed by atoms with E-state index in [1.54, 1.807) is 6.26 Å². The number of halogens is 4. The zero-order chi connectivity index (χ0) is 14.8. The van der Waals surface area contributed by atoms with E-state index in [1.165, 1.54) is 30.0 Å². The number of hydrogen-bond acceptors (Lipinski definition) is 4. The van der Waals surface area contributed by atoms with Gasteiger partial charge in [-0.25, -0.2) is 4.98 Å². The number of rotatable bonds is 3. The number of hydrogen-bond donors (Lipinski definition) is 0. The smallest absolute Gasteiger partial charge is 0.416 e. The number of benzene rings is 1. The second-order valence-corrected chi connectivity index (χ2v) is 4.80. The lowest BCUT2D eigenvalue weighted by molar-refractivity contribution is -0.137.